The average Bonchev–Trinajstić information content (AvgIpc) is 3.12. The first-order chi connectivity index (χ1) is 13.4. The molecule has 0 atom stereocenters. The topological polar surface area (TPSA) is 58.1 Å². The van der Waals surface area contributed by atoms with Crippen LogP contribution < -0.4 is 5.32 Å². The highest BCUT2D eigenvalue weighted by molar-refractivity contribution is 7.13. The van der Waals surface area contributed by atoms with Gasteiger partial charge in [-0.1, -0.05) is 35.1 Å². The summed E-state index contributed by atoms with van der Waals surface area (Å²) in [5.74, 6) is -0.717. The molecule has 5 nitrogen and oxygen atoms in total. The lowest BCUT2D eigenvalue weighted by molar-refractivity contribution is 0.102. The lowest BCUT2D eigenvalue weighted by Gasteiger charge is -2.25. The van der Waals surface area contributed by atoms with E-state index in [0.29, 0.717) is 17.3 Å². The van der Waals surface area contributed by atoms with E-state index in [1.54, 1.807) is 0 Å². The Morgan fingerprint density at radius 1 is 1.18 bits per heavy atom. The summed E-state index contributed by atoms with van der Waals surface area (Å²) in [7, 11) is 0. The van der Waals surface area contributed by atoms with Crippen molar-refractivity contribution in [1.82, 2.24) is 15.1 Å². The van der Waals surface area contributed by atoms with Gasteiger partial charge in [0.25, 0.3) is 5.91 Å². The molecule has 1 heterocycles. The summed E-state index contributed by atoms with van der Waals surface area (Å²) in [5.41, 5.74) is 1.62. The second kappa shape index (κ2) is 9.23. The molecule has 1 N–H and O–H groups in total. The van der Waals surface area contributed by atoms with Crippen LogP contribution in [-0.2, 0) is 13.1 Å². The molecule has 28 heavy (non-hydrogen) atoms. The van der Waals surface area contributed by atoms with Gasteiger partial charge in [0.15, 0.2) is 0 Å². The molecule has 0 aliphatic rings. The van der Waals surface area contributed by atoms with Gasteiger partial charge in [0, 0.05) is 23.3 Å². The molecule has 0 spiro atoms. The predicted octanol–water partition coefficient (Wildman–Crippen LogP) is 4.99. The van der Waals surface area contributed by atoms with Crippen LogP contribution in [0.4, 0.5) is 10.1 Å². The lowest BCUT2D eigenvalue weighted by atomic mass is 10.2. The minimum absolute atomic E-state index is 0.269. The van der Waals surface area contributed by atoms with Crippen molar-refractivity contribution in [3.05, 3.63) is 74.9 Å². The van der Waals surface area contributed by atoms with E-state index in [4.69, 9.17) is 11.6 Å². The molecule has 0 aliphatic heterocycles. The summed E-state index contributed by atoms with van der Waals surface area (Å²) < 4.78 is 13.0. The molecule has 0 bridgehead atoms. The maximum absolute atomic E-state index is 13.0. The molecular formula is C20H20ClFN4OS. The number of anilines is 1. The third-order valence-corrected chi connectivity index (χ3v) is 5.25. The Kier molecular flexibility index (Phi) is 6.72. The molecule has 0 fully saturated rings. The molecule has 0 saturated heterocycles. The molecule has 0 unspecified atom stereocenters. The van der Waals surface area contributed by atoms with Gasteiger partial charge in [-0.2, -0.15) is 0 Å². The highest BCUT2D eigenvalue weighted by Gasteiger charge is 2.17. The van der Waals surface area contributed by atoms with Crippen LogP contribution in [0.5, 0.6) is 0 Å². The second-order valence-electron chi connectivity index (χ2n) is 6.59. The van der Waals surface area contributed by atoms with Gasteiger partial charge in [-0.05, 0) is 55.8 Å². The predicted molar refractivity (Wildman–Crippen MR) is 110 cm³/mol. The number of aromatic nitrogens is 2. The number of hydrogen-bond donors (Lipinski definition) is 1. The van der Waals surface area contributed by atoms with Gasteiger partial charge in [-0.15, -0.1) is 10.2 Å². The molecule has 146 valence electrons. The minimum atomic E-state index is -0.360. The van der Waals surface area contributed by atoms with Crippen LogP contribution in [0.2, 0.25) is 5.02 Å². The molecule has 1 aromatic heterocycles. The monoisotopic (exact) mass is 418 g/mol. The van der Waals surface area contributed by atoms with Crippen LogP contribution in [0.1, 0.15) is 34.2 Å². The first-order valence-corrected chi connectivity index (χ1v) is 9.98. The minimum Gasteiger partial charge on any atom is -0.320 e. The van der Waals surface area contributed by atoms with E-state index in [1.165, 1.54) is 35.6 Å². The maximum atomic E-state index is 13.0. The SMILES string of the molecule is CC(C)N(Cc1cccc(Cl)c1)Cc1nnc(C(=O)Nc2ccc(F)cc2)s1. The Bertz CT molecular complexity index is 945. The molecular weight excluding hydrogens is 399 g/mol. The van der Waals surface area contributed by atoms with Crippen molar-refractivity contribution in [3.63, 3.8) is 0 Å². The van der Waals surface area contributed by atoms with Crippen LogP contribution in [-0.4, -0.2) is 27.0 Å². The summed E-state index contributed by atoms with van der Waals surface area (Å²) in [6.45, 7) is 5.50. The Balaban J connectivity index is 1.65. The van der Waals surface area contributed by atoms with Crippen LogP contribution in [0.3, 0.4) is 0 Å². The molecule has 0 aliphatic carbocycles. The third kappa shape index (κ3) is 5.58. The Morgan fingerprint density at radius 3 is 2.61 bits per heavy atom. The van der Waals surface area contributed by atoms with E-state index in [2.05, 4.69) is 34.3 Å². The van der Waals surface area contributed by atoms with Crippen molar-refractivity contribution in [1.29, 1.82) is 0 Å². The Morgan fingerprint density at radius 2 is 1.93 bits per heavy atom. The molecule has 0 saturated carbocycles. The standard InChI is InChI=1S/C20H20ClFN4OS/c1-13(2)26(11-14-4-3-5-15(21)10-14)12-18-24-25-20(28-18)19(27)23-17-8-6-16(22)7-9-17/h3-10,13H,11-12H2,1-2H3,(H,23,27). The molecule has 1 amide bonds. The fraction of sp³-hybridized carbons (Fsp3) is 0.250. The molecule has 3 rings (SSSR count). The zero-order valence-electron chi connectivity index (χ0n) is 15.5. The van der Waals surface area contributed by atoms with Crippen molar-refractivity contribution in [2.45, 2.75) is 33.0 Å². The van der Waals surface area contributed by atoms with Gasteiger partial charge in [0.1, 0.15) is 10.8 Å². The van der Waals surface area contributed by atoms with Crippen molar-refractivity contribution in [2.24, 2.45) is 0 Å². The van der Waals surface area contributed by atoms with Crippen molar-refractivity contribution in [2.75, 3.05) is 5.32 Å². The number of hydrogen-bond acceptors (Lipinski definition) is 5. The number of nitrogens with one attached hydrogen (secondary N) is 1. The average molecular weight is 419 g/mol. The summed E-state index contributed by atoms with van der Waals surface area (Å²) >= 11 is 7.32. The maximum Gasteiger partial charge on any atom is 0.286 e. The van der Waals surface area contributed by atoms with E-state index < -0.39 is 0 Å². The number of benzene rings is 2. The smallest absolute Gasteiger partial charge is 0.286 e. The highest BCUT2D eigenvalue weighted by atomic mass is 35.5. The van der Waals surface area contributed by atoms with Crippen LogP contribution >= 0.6 is 22.9 Å². The summed E-state index contributed by atoms with van der Waals surface area (Å²) in [5, 5.41) is 12.6. The third-order valence-electron chi connectivity index (χ3n) is 4.11. The normalized spacial score (nSPS) is 11.2. The van der Waals surface area contributed by atoms with E-state index in [9.17, 15) is 9.18 Å². The first kappa shape index (κ1) is 20.4. The Hall–Kier alpha value is -2.35. The highest BCUT2D eigenvalue weighted by Crippen LogP contribution is 2.19. The van der Waals surface area contributed by atoms with Gasteiger partial charge in [-0.3, -0.25) is 9.69 Å². The second-order valence-corrected chi connectivity index (χ2v) is 8.09. The van der Waals surface area contributed by atoms with Gasteiger partial charge >= 0.3 is 0 Å². The molecule has 2 aromatic carbocycles. The number of rotatable bonds is 7. The summed E-state index contributed by atoms with van der Waals surface area (Å²) in [4.78, 5) is 14.6. The van der Waals surface area contributed by atoms with Crippen molar-refractivity contribution >= 4 is 34.5 Å². The van der Waals surface area contributed by atoms with Gasteiger partial charge in [0.2, 0.25) is 5.01 Å². The largest absolute Gasteiger partial charge is 0.320 e. The zero-order valence-corrected chi connectivity index (χ0v) is 17.1. The Labute approximate surface area is 172 Å². The van der Waals surface area contributed by atoms with Crippen molar-refractivity contribution in [3.8, 4) is 0 Å². The number of carbonyl (C=O) groups excluding carboxylic acids is 1. The van der Waals surface area contributed by atoms with Gasteiger partial charge in [0.05, 0.1) is 6.54 Å². The fourth-order valence-electron chi connectivity index (χ4n) is 2.59. The van der Waals surface area contributed by atoms with Crippen LogP contribution in [0.15, 0.2) is 48.5 Å². The first-order valence-electron chi connectivity index (χ1n) is 8.78. The summed E-state index contributed by atoms with van der Waals surface area (Å²) in [6, 6.07) is 13.6. The molecule has 3 aromatic rings. The van der Waals surface area contributed by atoms with E-state index >= 15 is 0 Å². The van der Waals surface area contributed by atoms with Gasteiger partial charge in [-0.25, -0.2) is 4.39 Å². The zero-order chi connectivity index (χ0) is 20.1. The van der Waals surface area contributed by atoms with E-state index in [0.717, 1.165) is 17.1 Å². The number of amides is 1. The lowest BCUT2D eigenvalue weighted by Crippen LogP contribution is -2.29. The number of carbonyl (C=O) groups is 1. The quantitative estimate of drug-likeness (QED) is 0.587. The summed E-state index contributed by atoms with van der Waals surface area (Å²) in [6.07, 6.45) is 0. The van der Waals surface area contributed by atoms with E-state index in [-0.39, 0.29) is 22.8 Å². The number of halogens is 2. The fourth-order valence-corrected chi connectivity index (χ4v) is 3.57. The van der Waals surface area contributed by atoms with Crippen LogP contribution in [0.25, 0.3) is 0 Å². The van der Waals surface area contributed by atoms with E-state index in [1.807, 2.05) is 24.3 Å². The van der Waals surface area contributed by atoms with Crippen LogP contribution in [0, 0.1) is 5.82 Å². The molecule has 0 radical (unpaired) electrons. The number of nitrogens with zero attached hydrogens (tertiary/aromatic N) is 3. The van der Waals surface area contributed by atoms with Crippen molar-refractivity contribution < 1.29 is 9.18 Å². The van der Waals surface area contributed by atoms with Gasteiger partial charge < -0.3 is 5.32 Å². The molecule has 8 heteroatoms.